The smallest absolute Gasteiger partial charge is 0.136 e. The molecule has 8 aromatic carbocycles. The van der Waals surface area contributed by atoms with Gasteiger partial charge in [-0.25, -0.2) is 0 Å². The maximum Gasteiger partial charge on any atom is 0.136 e. The van der Waals surface area contributed by atoms with E-state index in [0.29, 0.717) is 11.8 Å². The number of anilines is 3. The fourth-order valence-corrected chi connectivity index (χ4v) is 8.32. The van der Waals surface area contributed by atoms with Crippen molar-refractivity contribution in [3.63, 3.8) is 0 Å². The standard InChI is InChI=1S/C50H37NO/c1-32-33(2)48-31-42(24-27-44(48)43-25-19-38(29-47(32)43)34-10-4-3-5-11-34)51(41-23-18-35-12-6-7-13-37(35)28-41)40-21-16-36(17-22-40)39-20-26-46-45-14-8-9-15-49(45)52-50(46)30-39/h3-33H,1-2H3. The van der Waals surface area contributed by atoms with Gasteiger partial charge in [-0.15, -0.1) is 0 Å². The maximum atomic E-state index is 6.23. The fraction of sp³-hybridized carbons (Fsp3) is 0.0800. The van der Waals surface area contributed by atoms with Gasteiger partial charge < -0.3 is 9.32 Å². The number of fused-ring (bicyclic) bond motifs is 7. The molecule has 2 heteroatoms. The van der Waals surface area contributed by atoms with Gasteiger partial charge in [0.1, 0.15) is 11.2 Å². The van der Waals surface area contributed by atoms with E-state index in [9.17, 15) is 0 Å². The van der Waals surface area contributed by atoms with Crippen molar-refractivity contribution < 1.29 is 4.42 Å². The zero-order valence-electron chi connectivity index (χ0n) is 29.3. The first-order valence-electron chi connectivity index (χ1n) is 18.2. The number of furan rings is 1. The average Bonchev–Trinajstić information content (AvgIpc) is 3.58. The summed E-state index contributed by atoms with van der Waals surface area (Å²) in [5, 5.41) is 4.76. The van der Waals surface area contributed by atoms with Gasteiger partial charge in [-0.3, -0.25) is 0 Å². The van der Waals surface area contributed by atoms with Gasteiger partial charge >= 0.3 is 0 Å². The van der Waals surface area contributed by atoms with Crippen LogP contribution < -0.4 is 4.90 Å². The van der Waals surface area contributed by atoms with Gasteiger partial charge in [0, 0.05) is 27.8 Å². The van der Waals surface area contributed by atoms with Gasteiger partial charge in [0.2, 0.25) is 0 Å². The van der Waals surface area contributed by atoms with E-state index in [1.807, 2.05) is 12.1 Å². The van der Waals surface area contributed by atoms with Crippen molar-refractivity contribution in [2.75, 3.05) is 4.90 Å². The Bertz CT molecular complexity index is 2770. The summed E-state index contributed by atoms with van der Waals surface area (Å²) >= 11 is 0. The highest BCUT2D eigenvalue weighted by Crippen LogP contribution is 2.50. The predicted molar refractivity (Wildman–Crippen MR) is 219 cm³/mol. The number of nitrogens with zero attached hydrogens (tertiary/aromatic N) is 1. The van der Waals surface area contributed by atoms with Crippen molar-refractivity contribution in [2.24, 2.45) is 0 Å². The number of rotatable bonds is 5. The van der Waals surface area contributed by atoms with Crippen molar-refractivity contribution >= 4 is 49.8 Å². The summed E-state index contributed by atoms with van der Waals surface area (Å²) in [6.45, 7) is 4.77. The van der Waals surface area contributed by atoms with E-state index in [0.717, 1.165) is 50.1 Å². The quantitative estimate of drug-likeness (QED) is 0.182. The van der Waals surface area contributed by atoms with Crippen LogP contribution in [0.1, 0.15) is 36.8 Å². The van der Waals surface area contributed by atoms with Crippen LogP contribution in [-0.4, -0.2) is 0 Å². The Balaban J connectivity index is 1.07. The molecule has 248 valence electrons. The highest BCUT2D eigenvalue weighted by molar-refractivity contribution is 6.06. The second-order valence-electron chi connectivity index (χ2n) is 14.2. The number of hydrogen-bond acceptors (Lipinski definition) is 2. The number of benzene rings is 8. The van der Waals surface area contributed by atoms with Crippen molar-refractivity contribution in [1.29, 1.82) is 0 Å². The molecule has 2 atom stereocenters. The molecule has 1 aromatic heterocycles. The molecular formula is C50H37NO. The summed E-state index contributed by atoms with van der Waals surface area (Å²) < 4.78 is 6.23. The van der Waals surface area contributed by atoms with Gasteiger partial charge in [0.15, 0.2) is 0 Å². The minimum absolute atomic E-state index is 0.363. The van der Waals surface area contributed by atoms with E-state index in [-0.39, 0.29) is 0 Å². The molecule has 9 aromatic rings. The van der Waals surface area contributed by atoms with Gasteiger partial charge in [0.25, 0.3) is 0 Å². The van der Waals surface area contributed by atoms with E-state index in [1.54, 1.807) is 0 Å². The van der Waals surface area contributed by atoms with Crippen molar-refractivity contribution in [1.82, 2.24) is 0 Å². The molecule has 2 nitrogen and oxygen atoms in total. The molecular weight excluding hydrogens is 631 g/mol. The summed E-state index contributed by atoms with van der Waals surface area (Å²) in [5.74, 6) is 0.751. The minimum Gasteiger partial charge on any atom is -0.456 e. The number of hydrogen-bond donors (Lipinski definition) is 0. The number of para-hydroxylation sites is 1. The monoisotopic (exact) mass is 667 g/mol. The van der Waals surface area contributed by atoms with Gasteiger partial charge in [-0.05, 0) is 122 Å². The molecule has 2 unspecified atom stereocenters. The van der Waals surface area contributed by atoms with Crippen LogP contribution in [0, 0.1) is 0 Å². The molecule has 0 saturated carbocycles. The SMILES string of the molecule is CC1c2cc(-c3ccccc3)ccc2-c2ccc(N(c3ccc(-c4ccc5c(c4)oc4ccccc45)cc3)c3ccc4ccccc4c3)cc2C1C. The zero-order valence-corrected chi connectivity index (χ0v) is 29.3. The topological polar surface area (TPSA) is 16.4 Å². The highest BCUT2D eigenvalue weighted by Gasteiger charge is 2.29. The fourth-order valence-electron chi connectivity index (χ4n) is 8.32. The third kappa shape index (κ3) is 5.02. The Morgan fingerprint density at radius 1 is 0.385 bits per heavy atom. The molecule has 1 heterocycles. The first kappa shape index (κ1) is 30.4. The maximum absolute atomic E-state index is 6.23. The molecule has 0 spiro atoms. The molecule has 0 amide bonds. The minimum atomic E-state index is 0.363. The van der Waals surface area contributed by atoms with Gasteiger partial charge in [-0.2, -0.15) is 0 Å². The molecule has 10 rings (SSSR count). The van der Waals surface area contributed by atoms with Crippen LogP contribution in [0.2, 0.25) is 0 Å². The van der Waals surface area contributed by atoms with E-state index in [1.165, 1.54) is 44.2 Å². The highest BCUT2D eigenvalue weighted by atomic mass is 16.3. The Morgan fingerprint density at radius 2 is 0.942 bits per heavy atom. The summed E-state index contributed by atoms with van der Waals surface area (Å²) in [7, 11) is 0. The van der Waals surface area contributed by atoms with Crippen LogP contribution in [0.15, 0.2) is 180 Å². The molecule has 1 aliphatic carbocycles. The first-order valence-corrected chi connectivity index (χ1v) is 18.2. The lowest BCUT2D eigenvalue weighted by Gasteiger charge is -2.34. The van der Waals surface area contributed by atoms with E-state index >= 15 is 0 Å². The van der Waals surface area contributed by atoms with Crippen LogP contribution in [0.25, 0.3) is 66.1 Å². The summed E-state index contributed by atoms with van der Waals surface area (Å²) in [6.07, 6.45) is 0. The van der Waals surface area contributed by atoms with Crippen molar-refractivity contribution in [3.8, 4) is 33.4 Å². The summed E-state index contributed by atoms with van der Waals surface area (Å²) in [4.78, 5) is 2.41. The molecule has 1 aliphatic rings. The van der Waals surface area contributed by atoms with Crippen molar-refractivity contribution in [2.45, 2.75) is 25.7 Å². The van der Waals surface area contributed by atoms with Crippen LogP contribution in [0.3, 0.4) is 0 Å². The zero-order chi connectivity index (χ0) is 34.8. The molecule has 0 N–H and O–H groups in total. The first-order chi connectivity index (χ1) is 25.6. The Hall–Kier alpha value is -6.38. The Morgan fingerprint density at radius 3 is 1.77 bits per heavy atom. The van der Waals surface area contributed by atoms with Gasteiger partial charge in [0.05, 0.1) is 0 Å². The van der Waals surface area contributed by atoms with Gasteiger partial charge in [-0.1, -0.05) is 135 Å². The molecule has 0 radical (unpaired) electrons. The molecule has 0 saturated heterocycles. The summed E-state index contributed by atoms with van der Waals surface area (Å²) in [5.41, 5.74) is 15.6. The summed E-state index contributed by atoms with van der Waals surface area (Å²) in [6, 6.07) is 64.0. The van der Waals surface area contributed by atoms with Crippen LogP contribution in [-0.2, 0) is 0 Å². The third-order valence-electron chi connectivity index (χ3n) is 11.3. The van der Waals surface area contributed by atoms with Crippen LogP contribution >= 0.6 is 0 Å². The molecule has 0 bridgehead atoms. The van der Waals surface area contributed by atoms with Crippen molar-refractivity contribution in [3.05, 3.63) is 187 Å². The third-order valence-corrected chi connectivity index (χ3v) is 11.3. The normalized spacial score (nSPS) is 15.1. The second kappa shape index (κ2) is 12.1. The Kier molecular flexibility index (Phi) is 7.11. The predicted octanol–water partition coefficient (Wildman–Crippen LogP) is 14.4. The largest absolute Gasteiger partial charge is 0.456 e. The lowest BCUT2D eigenvalue weighted by atomic mass is 9.72. The van der Waals surface area contributed by atoms with E-state index in [2.05, 4.69) is 183 Å². The second-order valence-corrected chi connectivity index (χ2v) is 14.2. The van der Waals surface area contributed by atoms with Crippen LogP contribution in [0.4, 0.5) is 17.1 Å². The molecule has 0 fully saturated rings. The van der Waals surface area contributed by atoms with E-state index < -0.39 is 0 Å². The lowest BCUT2D eigenvalue weighted by molar-refractivity contribution is 0.616. The Labute approximate surface area is 304 Å². The average molecular weight is 668 g/mol. The van der Waals surface area contributed by atoms with E-state index in [4.69, 9.17) is 4.42 Å². The lowest BCUT2D eigenvalue weighted by Crippen LogP contribution is -2.15. The van der Waals surface area contributed by atoms with Crippen LogP contribution in [0.5, 0.6) is 0 Å². The molecule has 0 aliphatic heterocycles. The molecule has 52 heavy (non-hydrogen) atoms.